The predicted octanol–water partition coefficient (Wildman–Crippen LogP) is 9.60. The van der Waals surface area contributed by atoms with E-state index in [1.807, 2.05) is 0 Å². The molecule has 0 fully saturated rings. The average molecular weight is 532 g/mol. The highest BCUT2D eigenvalue weighted by molar-refractivity contribution is 7.17. The second-order valence-electron chi connectivity index (χ2n) is 10.6. The number of rotatable bonds is 2. The minimum absolute atomic E-state index is 0.0895. The predicted molar refractivity (Wildman–Crippen MR) is 164 cm³/mol. The summed E-state index contributed by atoms with van der Waals surface area (Å²) in [7, 11) is 0. The molecule has 7 rings (SSSR count). The van der Waals surface area contributed by atoms with Crippen molar-refractivity contribution in [1.82, 2.24) is 0 Å². The topological polar surface area (TPSA) is 31.4 Å². The highest BCUT2D eigenvalue weighted by Gasteiger charge is 2.52. The van der Waals surface area contributed by atoms with Crippen molar-refractivity contribution in [3.05, 3.63) is 152 Å². The van der Waals surface area contributed by atoms with Crippen molar-refractivity contribution in [3.63, 3.8) is 0 Å². The first-order valence-electron chi connectivity index (χ1n) is 13.3. The zero-order valence-electron chi connectivity index (χ0n) is 22.5. The third-order valence-electron chi connectivity index (χ3n) is 8.21. The zero-order valence-corrected chi connectivity index (χ0v) is 23.3. The number of nitriles is 1. The number of hydrogen-bond donors (Lipinski definition) is 0. The monoisotopic (exact) mass is 531 g/mol. The maximum atomic E-state index is 9.59. The second kappa shape index (κ2) is 8.82. The van der Waals surface area contributed by atoms with Crippen LogP contribution in [0, 0.1) is 38.7 Å². The molecule has 4 aromatic carbocycles. The van der Waals surface area contributed by atoms with Gasteiger partial charge in [0.1, 0.15) is 5.00 Å². The Balaban J connectivity index is 1.66. The SMILES string of the molecule is [C-]#[N+]/C(C#N)=C\c1cc2c(s1)N(c1c(C)cc(C)cc1C)c1ccccc1C21c2ccccc2-c2ccccc21. The van der Waals surface area contributed by atoms with Gasteiger partial charge in [-0.05, 0) is 77.9 Å². The summed E-state index contributed by atoms with van der Waals surface area (Å²) in [5, 5.41) is 10.7. The van der Waals surface area contributed by atoms with Crippen molar-refractivity contribution in [2.24, 2.45) is 0 Å². The van der Waals surface area contributed by atoms with Crippen LogP contribution in [0.15, 0.2) is 96.7 Å². The van der Waals surface area contributed by atoms with Crippen molar-refractivity contribution in [2.75, 3.05) is 4.90 Å². The fraction of sp³-hybridized carbons (Fsp3) is 0.111. The van der Waals surface area contributed by atoms with Crippen LogP contribution in [-0.2, 0) is 5.41 Å². The van der Waals surface area contributed by atoms with Gasteiger partial charge in [-0.25, -0.2) is 10.1 Å². The maximum Gasteiger partial charge on any atom is 0.263 e. The van der Waals surface area contributed by atoms with Gasteiger partial charge < -0.3 is 4.90 Å². The fourth-order valence-corrected chi connectivity index (χ4v) is 8.11. The van der Waals surface area contributed by atoms with Crippen LogP contribution in [0.3, 0.4) is 0 Å². The Morgan fingerprint density at radius 1 is 0.825 bits per heavy atom. The molecule has 3 nitrogen and oxygen atoms in total. The molecule has 1 aliphatic carbocycles. The van der Waals surface area contributed by atoms with E-state index in [-0.39, 0.29) is 5.70 Å². The molecule has 40 heavy (non-hydrogen) atoms. The van der Waals surface area contributed by atoms with E-state index in [1.165, 1.54) is 55.8 Å². The molecule has 0 N–H and O–H groups in total. The number of benzene rings is 4. The zero-order chi connectivity index (χ0) is 27.6. The van der Waals surface area contributed by atoms with Gasteiger partial charge in [0, 0.05) is 10.4 Å². The van der Waals surface area contributed by atoms with Crippen LogP contribution >= 0.6 is 11.3 Å². The molecule has 2 aliphatic rings. The third kappa shape index (κ3) is 3.15. The average Bonchev–Trinajstić information content (AvgIpc) is 3.51. The van der Waals surface area contributed by atoms with Crippen LogP contribution < -0.4 is 4.90 Å². The fourth-order valence-electron chi connectivity index (χ4n) is 6.93. The van der Waals surface area contributed by atoms with Gasteiger partial charge in [0.15, 0.2) is 0 Å². The molecule has 190 valence electrons. The van der Waals surface area contributed by atoms with E-state index in [9.17, 15) is 5.26 Å². The first kappa shape index (κ1) is 24.2. The van der Waals surface area contributed by atoms with Gasteiger partial charge in [-0.2, -0.15) is 0 Å². The van der Waals surface area contributed by atoms with E-state index in [4.69, 9.17) is 6.57 Å². The molecule has 0 amide bonds. The molecule has 1 aromatic heterocycles. The van der Waals surface area contributed by atoms with Crippen LogP contribution in [0.4, 0.5) is 16.4 Å². The number of allylic oxidation sites excluding steroid dienone is 1. The van der Waals surface area contributed by atoms with Crippen LogP contribution in [0.5, 0.6) is 0 Å². The van der Waals surface area contributed by atoms with Gasteiger partial charge in [0.05, 0.1) is 29.4 Å². The highest BCUT2D eigenvalue weighted by Crippen LogP contribution is 2.65. The van der Waals surface area contributed by atoms with Crippen LogP contribution in [-0.4, -0.2) is 0 Å². The van der Waals surface area contributed by atoms with Crippen LogP contribution in [0.1, 0.15) is 43.8 Å². The third-order valence-corrected chi connectivity index (χ3v) is 9.28. The van der Waals surface area contributed by atoms with Crippen molar-refractivity contribution >= 4 is 33.8 Å². The molecule has 4 heteroatoms. The number of thiophene rings is 1. The number of nitrogens with zero attached hydrogens (tertiary/aromatic N) is 3. The Bertz CT molecular complexity index is 1890. The van der Waals surface area contributed by atoms with Crippen molar-refractivity contribution in [3.8, 4) is 17.2 Å². The summed E-state index contributed by atoms with van der Waals surface area (Å²) < 4.78 is 0. The number of aryl methyl sites for hydroxylation is 3. The quantitative estimate of drug-likeness (QED) is 0.164. The largest absolute Gasteiger partial charge is 0.301 e. The smallest absolute Gasteiger partial charge is 0.263 e. The Morgan fingerprint density at radius 3 is 2.00 bits per heavy atom. The summed E-state index contributed by atoms with van der Waals surface area (Å²) in [6.45, 7) is 14.0. The van der Waals surface area contributed by atoms with Gasteiger partial charge in [-0.15, -0.1) is 11.3 Å². The summed E-state index contributed by atoms with van der Waals surface area (Å²) in [5.74, 6) is 0. The molecule has 0 radical (unpaired) electrons. The Morgan fingerprint density at radius 2 is 1.40 bits per heavy atom. The van der Waals surface area contributed by atoms with E-state index < -0.39 is 5.41 Å². The normalized spacial score (nSPS) is 14.1. The van der Waals surface area contributed by atoms with Gasteiger partial charge in [0.2, 0.25) is 0 Å². The lowest BCUT2D eigenvalue weighted by Crippen LogP contribution is -2.35. The number of hydrogen-bond acceptors (Lipinski definition) is 3. The summed E-state index contributed by atoms with van der Waals surface area (Å²) in [6.07, 6.45) is 1.73. The van der Waals surface area contributed by atoms with Crippen LogP contribution in [0.2, 0.25) is 0 Å². The van der Waals surface area contributed by atoms with Gasteiger partial charge in [-0.1, -0.05) is 84.4 Å². The van der Waals surface area contributed by atoms with Crippen LogP contribution in [0.25, 0.3) is 22.0 Å². The van der Waals surface area contributed by atoms with Gasteiger partial charge in [-0.3, -0.25) is 0 Å². The minimum Gasteiger partial charge on any atom is -0.301 e. The van der Waals surface area contributed by atoms with E-state index in [0.717, 1.165) is 15.6 Å². The molecule has 0 bridgehead atoms. The number of anilines is 3. The van der Waals surface area contributed by atoms with Gasteiger partial charge >= 0.3 is 0 Å². The summed E-state index contributed by atoms with van der Waals surface area (Å²) >= 11 is 1.65. The molecule has 1 aliphatic heterocycles. The lowest BCUT2D eigenvalue weighted by molar-refractivity contribution is 0.757. The molecule has 0 saturated carbocycles. The summed E-state index contributed by atoms with van der Waals surface area (Å²) in [4.78, 5) is 6.78. The molecular weight excluding hydrogens is 506 g/mol. The molecule has 2 heterocycles. The molecule has 0 atom stereocenters. The van der Waals surface area contributed by atoms with Gasteiger partial charge in [0.25, 0.3) is 5.70 Å². The lowest BCUT2D eigenvalue weighted by Gasteiger charge is -2.44. The second-order valence-corrected chi connectivity index (χ2v) is 11.6. The van der Waals surface area contributed by atoms with E-state index >= 15 is 0 Å². The Kier molecular flexibility index (Phi) is 5.33. The maximum absolute atomic E-state index is 9.59. The molecule has 0 saturated heterocycles. The standard InChI is InChI=1S/C36H25N3S/c1-22-17-23(2)34(24(3)18-22)39-33-16-10-9-15-31(33)36(32-20-26(40-35(32)39)19-25(21-37)38-4)29-13-7-5-11-27(29)28-12-6-8-14-30(28)36/h5-20H,1-3H3/b25-19-. The minimum atomic E-state index is -0.518. The summed E-state index contributed by atoms with van der Waals surface area (Å²) in [5.41, 5.74) is 13.0. The molecular formula is C36H25N3S. The first-order valence-corrected chi connectivity index (χ1v) is 14.1. The van der Waals surface area contributed by atoms with Crippen molar-refractivity contribution in [2.45, 2.75) is 26.2 Å². The Labute approximate surface area is 238 Å². The van der Waals surface area contributed by atoms with E-state index in [1.54, 1.807) is 17.4 Å². The Hall–Kier alpha value is -4.90. The summed E-state index contributed by atoms with van der Waals surface area (Å²) in [6, 6.07) is 35.0. The van der Waals surface area contributed by atoms with Crippen molar-refractivity contribution in [1.29, 1.82) is 5.26 Å². The highest BCUT2D eigenvalue weighted by atomic mass is 32.1. The lowest BCUT2D eigenvalue weighted by atomic mass is 9.66. The first-order chi connectivity index (χ1) is 19.5. The van der Waals surface area contributed by atoms with E-state index in [2.05, 4.69) is 128 Å². The molecule has 0 unspecified atom stereocenters. The molecule has 5 aromatic rings. The number of fused-ring (bicyclic) bond motifs is 9. The van der Waals surface area contributed by atoms with E-state index in [0.29, 0.717) is 0 Å². The molecule has 1 spiro atoms. The van der Waals surface area contributed by atoms with Crippen molar-refractivity contribution < 1.29 is 0 Å². The number of para-hydroxylation sites is 1.